The zero-order valence-electron chi connectivity index (χ0n) is 17.7. The first-order valence-corrected chi connectivity index (χ1v) is 12.5. The Morgan fingerprint density at radius 2 is 2.18 bits per heavy atom. The number of anilines is 3. The first-order valence-electron chi connectivity index (χ1n) is 10.4. The van der Waals surface area contributed by atoms with Crippen LogP contribution < -0.4 is 42.3 Å². The number of hydrogen-bond donors (Lipinski definition) is 4. The van der Waals surface area contributed by atoms with E-state index in [0.29, 0.717) is 42.3 Å². The van der Waals surface area contributed by atoms with Crippen molar-refractivity contribution in [1.29, 1.82) is 0 Å². The van der Waals surface area contributed by atoms with Crippen LogP contribution in [0.15, 0.2) is 48.8 Å². The van der Waals surface area contributed by atoms with E-state index in [1.54, 1.807) is 24.5 Å². The van der Waals surface area contributed by atoms with Crippen LogP contribution in [0.25, 0.3) is 11.3 Å². The van der Waals surface area contributed by atoms with Crippen molar-refractivity contribution < 1.29 is 38.6 Å². The van der Waals surface area contributed by atoms with Crippen molar-refractivity contribution in [1.82, 2.24) is 15.3 Å². The summed E-state index contributed by atoms with van der Waals surface area (Å²) in [5, 5.41) is 9.64. The number of nitrogens with one attached hydrogen (secondary N) is 4. The Morgan fingerprint density at radius 3 is 3.06 bits per heavy atom. The number of amides is 1. The van der Waals surface area contributed by atoms with Crippen LogP contribution in [0.2, 0.25) is 0 Å². The first kappa shape index (κ1) is 21.7. The van der Waals surface area contributed by atoms with Crippen LogP contribution in [0.3, 0.4) is 0 Å². The van der Waals surface area contributed by atoms with Gasteiger partial charge in [-0.15, -0.1) is 0 Å². The number of rotatable bonds is 3. The number of para-hydroxylation sites is 1. The molecule has 10 heteroatoms. The number of alkyl halides is 1. The third kappa shape index (κ3) is 4.15. The maximum absolute atomic E-state index is 14.4. The normalized spacial score (nSPS) is 18.7. The molecule has 0 saturated carbocycles. The second-order valence-corrected chi connectivity index (χ2v) is 10.1. The molecule has 1 unspecified atom stereocenters. The number of aromatic nitrogens is 2. The first-order chi connectivity index (χ1) is 16.2. The van der Waals surface area contributed by atoms with E-state index in [-0.39, 0.29) is 15.6 Å². The van der Waals surface area contributed by atoms with Crippen molar-refractivity contribution in [2.45, 2.75) is 3.92 Å². The molecule has 0 aliphatic carbocycles. The second-order valence-electron chi connectivity index (χ2n) is 7.43. The Balaban J connectivity index is 1.72. The van der Waals surface area contributed by atoms with E-state index >= 15 is 0 Å². The fraction of sp³-hybridized carbons (Fsp3) is 0.217. The molecule has 2 bridgehead atoms. The van der Waals surface area contributed by atoms with Gasteiger partial charge in [0.25, 0.3) is 0 Å². The summed E-state index contributed by atoms with van der Waals surface area (Å²) >= 11 is -0.693. The molecule has 0 radical (unpaired) electrons. The number of nitrogens with zero attached hydrogens (tertiary/aromatic N) is 1. The molecule has 0 saturated heterocycles. The Labute approximate surface area is 200 Å². The summed E-state index contributed by atoms with van der Waals surface area (Å²) in [4.78, 5) is 20.8. The molecule has 2 aliphatic rings. The summed E-state index contributed by atoms with van der Waals surface area (Å²) in [6, 6.07) is 6.53. The average molecular weight is 562 g/mol. The summed E-state index contributed by atoms with van der Waals surface area (Å²) < 4.78 is 25.7. The minimum atomic E-state index is -0.693. The van der Waals surface area contributed by atoms with Gasteiger partial charge in [-0.1, -0.05) is 0 Å². The fourth-order valence-electron chi connectivity index (χ4n) is 3.94. The van der Waals surface area contributed by atoms with Crippen LogP contribution in [-0.4, -0.2) is 42.7 Å². The number of carbonyl (C=O) groups excluding carboxylic acids is 1. The average Bonchev–Trinajstić information content (AvgIpc) is 3.20. The summed E-state index contributed by atoms with van der Waals surface area (Å²) in [6.07, 6.45) is 7.46. The van der Waals surface area contributed by atoms with Crippen molar-refractivity contribution in [2.24, 2.45) is 0 Å². The number of ether oxygens (including phenoxy) is 1. The molecule has 5 rings (SSSR count). The van der Waals surface area contributed by atoms with Gasteiger partial charge in [-0.25, -0.2) is 0 Å². The third-order valence-electron chi connectivity index (χ3n) is 5.44. The van der Waals surface area contributed by atoms with Gasteiger partial charge in [-0.3, -0.25) is 0 Å². The van der Waals surface area contributed by atoms with E-state index in [1.807, 2.05) is 18.2 Å². The van der Waals surface area contributed by atoms with Gasteiger partial charge in [0.05, 0.1) is 0 Å². The number of halogens is 2. The molecule has 33 heavy (non-hydrogen) atoms. The zero-order chi connectivity index (χ0) is 22.8. The van der Waals surface area contributed by atoms with E-state index in [2.05, 4.69) is 25.9 Å². The van der Waals surface area contributed by atoms with Crippen LogP contribution in [0.1, 0.15) is 20.0 Å². The molecule has 2 aromatic heterocycles. The van der Waals surface area contributed by atoms with E-state index in [4.69, 9.17) is 7.80 Å². The van der Waals surface area contributed by atoms with Crippen LogP contribution in [0.5, 0.6) is 5.75 Å². The Morgan fingerprint density at radius 1 is 1.27 bits per heavy atom. The number of aromatic amines is 1. The van der Waals surface area contributed by atoms with Crippen LogP contribution in [-0.2, 0) is 3.07 Å². The van der Waals surface area contributed by atoms with Crippen molar-refractivity contribution in [2.75, 3.05) is 37.4 Å². The number of fused-ring (bicyclic) bond motifs is 3. The molecule has 1 amide bonds. The summed E-state index contributed by atoms with van der Waals surface area (Å²) in [6.45, 7) is 1.63. The van der Waals surface area contributed by atoms with Crippen LogP contribution >= 0.6 is 0 Å². The van der Waals surface area contributed by atoms with E-state index in [0.717, 1.165) is 16.9 Å². The van der Waals surface area contributed by atoms with E-state index in [1.165, 1.54) is 13.2 Å². The van der Waals surface area contributed by atoms with Gasteiger partial charge in [0.1, 0.15) is 0 Å². The van der Waals surface area contributed by atoms with Gasteiger partial charge in [0.15, 0.2) is 0 Å². The monoisotopic (exact) mass is 562 g/mol. The molecule has 0 spiro atoms. The Hall–Kier alpha value is -3.12. The third-order valence-corrected chi connectivity index (χ3v) is 7.84. The number of carbonyl (C=O) groups is 1. The molecule has 0 fully saturated rings. The van der Waals surface area contributed by atoms with Gasteiger partial charge in [0.2, 0.25) is 0 Å². The van der Waals surface area contributed by atoms with Crippen molar-refractivity contribution in [3.05, 3.63) is 65.9 Å². The van der Waals surface area contributed by atoms with E-state index in [9.17, 15) is 9.18 Å². The fourth-order valence-corrected chi connectivity index (χ4v) is 5.91. The van der Waals surface area contributed by atoms with Crippen LogP contribution in [0, 0.1) is 5.82 Å². The minimum absolute atomic E-state index is 0.0487. The molecular weight excluding hydrogens is 540 g/mol. The summed E-state index contributed by atoms with van der Waals surface area (Å²) in [7, 11) is 1.42. The molecule has 8 nitrogen and oxygen atoms in total. The standard InChI is InChI=1S/C23H22FIN5O3/c1-32-22-14(24)5-4-6-16(22)29-21-18-20-15(11-28-23(18)31)25-33-10-3-2-8-27-17-12-26-9-7-13(17)19(21)30-20/h2-7,9,12,15,27,29-30H,8,10-11H2,1H3,(H,28,31)/q-1/b3-2-. The topological polar surface area (TPSA) is 100 Å². The number of benzene rings is 1. The molecule has 2 aliphatic heterocycles. The molecule has 3 aromatic rings. The number of pyridine rings is 1. The van der Waals surface area contributed by atoms with Gasteiger partial charge in [-0.2, -0.15) is 0 Å². The predicted octanol–water partition coefficient (Wildman–Crippen LogP) is 0.755. The Kier molecular flexibility index (Phi) is 6.18. The summed E-state index contributed by atoms with van der Waals surface area (Å²) in [5.74, 6) is -0.606. The number of methoxy groups -OCH3 is 1. The van der Waals surface area contributed by atoms with Crippen molar-refractivity contribution in [3.63, 3.8) is 0 Å². The molecule has 1 aromatic carbocycles. The number of H-pyrrole nitrogens is 1. The maximum atomic E-state index is 14.4. The summed E-state index contributed by atoms with van der Waals surface area (Å²) in [5.41, 5.74) is 4.68. The van der Waals surface area contributed by atoms with Gasteiger partial charge in [-0.05, 0) is 0 Å². The zero-order valence-corrected chi connectivity index (χ0v) is 19.9. The molecular formula is C23H22FIN5O3-. The quantitative estimate of drug-likeness (QED) is 0.214. The van der Waals surface area contributed by atoms with Gasteiger partial charge >= 0.3 is 201 Å². The van der Waals surface area contributed by atoms with E-state index < -0.39 is 27.4 Å². The molecule has 4 heterocycles. The van der Waals surface area contributed by atoms with Gasteiger partial charge < -0.3 is 0 Å². The van der Waals surface area contributed by atoms with Gasteiger partial charge in [0, 0.05) is 0 Å². The van der Waals surface area contributed by atoms with Crippen molar-refractivity contribution >= 4 is 23.0 Å². The molecule has 4 N–H and O–H groups in total. The predicted molar refractivity (Wildman–Crippen MR) is 119 cm³/mol. The van der Waals surface area contributed by atoms with Crippen molar-refractivity contribution in [3.8, 4) is 17.0 Å². The SMILES string of the molecule is COc1c(F)cccc1Nc1c2[nH]c3c1C(=O)NCC3[I-]OC/C=C\CNc1cnccc1-2. The second kappa shape index (κ2) is 9.40. The molecule has 172 valence electrons. The number of hydrogen-bond acceptors (Lipinski definition) is 6. The van der Waals surface area contributed by atoms with Crippen LogP contribution in [0.4, 0.5) is 21.5 Å². The molecule has 1 atom stereocenters. The Bertz CT molecular complexity index is 1230.